The van der Waals surface area contributed by atoms with E-state index >= 15 is 0 Å². The summed E-state index contributed by atoms with van der Waals surface area (Å²) >= 11 is 0. The molecule has 4 aromatic carbocycles. The number of anilines is 6. The number of benzene rings is 4. The second-order valence-electron chi connectivity index (χ2n) is 14.8. The third-order valence-corrected chi connectivity index (χ3v) is 11.9. The predicted molar refractivity (Wildman–Crippen MR) is 228 cm³/mol. The van der Waals surface area contributed by atoms with Crippen LogP contribution in [0.1, 0.15) is 84.2 Å². The molecule has 0 aliphatic carbocycles. The average Bonchev–Trinajstić information content (AvgIpc) is 3.84. The molecule has 0 saturated carbocycles. The van der Waals surface area contributed by atoms with E-state index in [1.165, 1.54) is 54.8 Å². The van der Waals surface area contributed by atoms with Crippen LogP contribution in [0.2, 0.25) is 0 Å². The van der Waals surface area contributed by atoms with E-state index in [1.807, 2.05) is 12.1 Å². The van der Waals surface area contributed by atoms with Crippen molar-refractivity contribution >= 4 is 55.9 Å². The van der Waals surface area contributed by atoms with Gasteiger partial charge in [-0.1, -0.05) is 90.1 Å². The molecule has 0 saturated heterocycles. The fraction of sp³-hybridized carbons (Fsp3) is 0.244. The van der Waals surface area contributed by atoms with Crippen LogP contribution < -0.4 is 19.6 Å². The Bertz CT molecular complexity index is 2650. The van der Waals surface area contributed by atoms with Crippen LogP contribution in [-0.4, -0.2) is 42.3 Å². The number of sulfone groups is 1. The van der Waals surface area contributed by atoms with Crippen LogP contribution in [0.15, 0.2) is 107 Å². The number of hydrogen-bond acceptors (Lipinski definition) is 10. The van der Waals surface area contributed by atoms with Crippen molar-refractivity contribution in [3.8, 4) is 11.1 Å². The zero-order valence-corrected chi connectivity index (χ0v) is 35.8. The van der Waals surface area contributed by atoms with Gasteiger partial charge in [0.25, 0.3) is 0 Å². The van der Waals surface area contributed by atoms with Gasteiger partial charge in [-0.2, -0.15) is 0 Å². The van der Waals surface area contributed by atoms with Crippen LogP contribution in [-0.2, 0) is 30.9 Å². The van der Waals surface area contributed by atoms with E-state index in [0.29, 0.717) is 40.3 Å². The second kappa shape index (κ2) is 16.1. The molecular weight excluding hydrogens is 926 g/mol. The quantitative estimate of drug-likeness (QED) is 0.149. The van der Waals surface area contributed by atoms with Crippen LogP contribution in [0.25, 0.3) is 16.4 Å². The summed E-state index contributed by atoms with van der Waals surface area (Å²) < 4.78 is 73.5. The molecule has 0 unspecified atom stereocenters. The first-order valence-corrected chi connectivity index (χ1v) is 20.1. The summed E-state index contributed by atoms with van der Waals surface area (Å²) in [6.45, 7) is 11.0. The Hall–Kier alpha value is -5.32. The van der Waals surface area contributed by atoms with E-state index in [1.54, 1.807) is 58.3 Å². The monoisotopic (exact) mass is 976 g/mol. The Balaban J connectivity index is 0.000000300. The van der Waals surface area contributed by atoms with Crippen LogP contribution >= 0.6 is 0 Å². The van der Waals surface area contributed by atoms with Gasteiger partial charge < -0.3 is 24.9 Å². The summed E-state index contributed by atoms with van der Waals surface area (Å²) in [5, 5.41) is 4.33. The van der Waals surface area contributed by atoms with E-state index in [-0.39, 0.29) is 54.3 Å². The van der Waals surface area contributed by atoms with Gasteiger partial charge in [-0.25, -0.2) is 28.4 Å². The van der Waals surface area contributed by atoms with Gasteiger partial charge in [-0.15, -0.1) is 59.8 Å². The molecule has 298 valence electrons. The second-order valence-corrected chi connectivity index (χ2v) is 16.7. The SMILES string of the molecule is O=S1(=O)c2ccccc2[N-]c2ccccc21.[2H]C([2H])([2H])N1[CH-]N(c2[c-]c(N3[CH-]N(C([2H])([2H])[2H])c4nccnc43)cc(-c3c(C(C)C)cc(C(C)C)cc3C(C)C)c2)c2nccnc21.[Pt+4]. The Labute approximate surface area is 364 Å². The maximum Gasteiger partial charge on any atom is 4.00 e. The van der Waals surface area contributed by atoms with Gasteiger partial charge in [-0.3, -0.25) is 0 Å². The molecule has 0 N–H and O–H groups in total. The average molecular weight is 977 g/mol. The van der Waals surface area contributed by atoms with E-state index < -0.39 is 23.8 Å². The van der Waals surface area contributed by atoms with Crippen molar-refractivity contribution in [2.45, 2.75) is 69.1 Å². The fourth-order valence-corrected chi connectivity index (χ4v) is 8.69. The molecule has 11 nitrogen and oxygen atoms in total. The summed E-state index contributed by atoms with van der Waals surface area (Å²) in [7, 11) is -3.40. The zero-order valence-electron chi connectivity index (χ0n) is 38.7. The largest absolute Gasteiger partial charge is 4.00 e. The maximum atomic E-state index is 12.2. The first kappa shape index (κ1) is 33.6. The number of fused-ring (bicyclic) bond motifs is 4. The normalized spacial score (nSPS) is 16.6. The van der Waals surface area contributed by atoms with Gasteiger partial charge in [-0.05, 0) is 66.1 Å². The third-order valence-electron chi connectivity index (χ3n) is 10.0. The van der Waals surface area contributed by atoms with Crippen molar-refractivity contribution in [1.82, 2.24) is 19.9 Å². The minimum absolute atomic E-state index is 0. The zero-order chi connectivity index (χ0) is 45.2. The molecular formula is C45H45N9O2PtS. The molecule has 3 aliphatic rings. The van der Waals surface area contributed by atoms with Crippen molar-refractivity contribution in [1.29, 1.82) is 0 Å². The molecule has 0 fully saturated rings. The molecule has 9 rings (SSSR count). The number of nitrogens with zero attached hydrogens (tertiary/aromatic N) is 9. The summed E-state index contributed by atoms with van der Waals surface area (Å²) in [5.41, 5.74) is 7.54. The minimum Gasteiger partial charge on any atom is -0.656 e. The smallest absolute Gasteiger partial charge is 0.656 e. The van der Waals surface area contributed by atoms with Gasteiger partial charge in [0.05, 0.1) is 9.79 Å². The first-order chi connectivity index (χ1) is 29.8. The molecule has 13 heteroatoms. The molecule has 3 aliphatic heterocycles. The molecule has 0 atom stereocenters. The predicted octanol–water partition coefficient (Wildman–Crippen LogP) is 10.7. The number of rotatable bonds is 6. The van der Waals surface area contributed by atoms with Crippen molar-refractivity contribution in [2.24, 2.45) is 0 Å². The number of aromatic nitrogens is 4. The van der Waals surface area contributed by atoms with E-state index in [4.69, 9.17) is 8.22 Å². The Morgan fingerprint density at radius 1 is 0.638 bits per heavy atom. The van der Waals surface area contributed by atoms with Crippen LogP contribution in [0.5, 0.6) is 0 Å². The fourth-order valence-electron chi connectivity index (χ4n) is 7.16. The van der Waals surface area contributed by atoms with Gasteiger partial charge in [0.2, 0.25) is 9.84 Å². The molecule has 58 heavy (non-hydrogen) atoms. The van der Waals surface area contributed by atoms with Crippen molar-refractivity contribution in [3.63, 3.8) is 0 Å². The maximum absolute atomic E-state index is 12.2. The standard InChI is InChI=1S/C33H37N8.C12H8NO2S.Pt/c1-20(2)23-15-27(21(3)4)29(28(16-23)22(5)6)24-13-25(40-18-38(7)30-32(40)36-11-9-34-30)17-26(14-24)41-19-39(8)31-33(41)37-12-10-35-31;14-16(15)11-7-3-1-5-9(11)13-10-6-2-4-8-12(10)16;/h9-16,18-22H,1-8H3;1-8H;/q-3;-1;+4/i7D3,8D3;;. The summed E-state index contributed by atoms with van der Waals surface area (Å²) in [5.74, 6) is 1.75. The molecule has 2 aromatic heterocycles. The summed E-state index contributed by atoms with van der Waals surface area (Å²) in [6, 6.07) is 25.5. The Morgan fingerprint density at radius 3 is 1.48 bits per heavy atom. The van der Waals surface area contributed by atoms with E-state index in [0.717, 1.165) is 20.9 Å². The molecule has 0 bridgehead atoms. The topological polar surface area (TPSA) is 113 Å². The van der Waals surface area contributed by atoms with E-state index in [9.17, 15) is 8.42 Å². The van der Waals surface area contributed by atoms with Crippen LogP contribution in [0, 0.1) is 19.4 Å². The van der Waals surface area contributed by atoms with Gasteiger partial charge in [0, 0.05) is 33.0 Å². The first-order valence-electron chi connectivity index (χ1n) is 21.6. The summed E-state index contributed by atoms with van der Waals surface area (Å²) in [4.78, 5) is 23.8. The Morgan fingerprint density at radius 2 is 1.07 bits per heavy atom. The number of hydrogen-bond donors (Lipinski definition) is 0. The van der Waals surface area contributed by atoms with Gasteiger partial charge in [0.1, 0.15) is 23.3 Å². The van der Waals surface area contributed by atoms with Crippen molar-refractivity contribution < 1.29 is 37.7 Å². The van der Waals surface area contributed by atoms with E-state index in [2.05, 4.69) is 85.0 Å². The number of para-hydroxylation sites is 2. The molecule has 0 amide bonds. The molecule has 5 heterocycles. The third kappa shape index (κ3) is 7.32. The van der Waals surface area contributed by atoms with Crippen LogP contribution in [0.4, 0.5) is 46.0 Å². The van der Waals surface area contributed by atoms with Crippen molar-refractivity contribution in [2.75, 3.05) is 33.6 Å². The van der Waals surface area contributed by atoms with Gasteiger partial charge >= 0.3 is 21.1 Å². The Kier molecular flexibility index (Phi) is 9.36. The summed E-state index contributed by atoms with van der Waals surface area (Å²) in [6.07, 6.45) is 5.94. The minimum atomic E-state index is -3.40. The van der Waals surface area contributed by atoms with Gasteiger partial charge in [0.15, 0.2) is 0 Å². The van der Waals surface area contributed by atoms with Crippen molar-refractivity contribution in [3.05, 3.63) is 139 Å². The molecule has 0 spiro atoms. The molecule has 6 aromatic rings. The van der Waals surface area contributed by atoms with Crippen LogP contribution in [0.3, 0.4) is 0 Å². The molecule has 0 radical (unpaired) electrons.